The quantitative estimate of drug-likeness (QED) is 0.728. The normalized spacial score (nSPS) is 10.3. The summed E-state index contributed by atoms with van der Waals surface area (Å²) in [5.41, 5.74) is 2.56. The van der Waals surface area contributed by atoms with Gasteiger partial charge in [0.15, 0.2) is 5.13 Å². The Morgan fingerprint density at radius 3 is 2.48 bits per heavy atom. The summed E-state index contributed by atoms with van der Waals surface area (Å²) < 4.78 is 0.883. The van der Waals surface area contributed by atoms with Crippen LogP contribution < -0.4 is 5.32 Å². The molecule has 3 rings (SSSR count). The molecule has 3 aromatic rings. The van der Waals surface area contributed by atoms with Crippen molar-refractivity contribution >= 4 is 38.3 Å². The van der Waals surface area contributed by atoms with Crippen LogP contribution in [0.4, 0.5) is 5.13 Å². The molecule has 0 aliphatic rings. The second-order valence-corrected chi connectivity index (χ2v) is 6.75. The molecule has 0 aliphatic carbocycles. The molecule has 104 valence electrons. The van der Waals surface area contributed by atoms with Crippen LogP contribution in [0.2, 0.25) is 0 Å². The van der Waals surface area contributed by atoms with E-state index in [1.54, 1.807) is 6.20 Å². The van der Waals surface area contributed by atoms with Gasteiger partial charge >= 0.3 is 0 Å². The van der Waals surface area contributed by atoms with E-state index in [9.17, 15) is 4.79 Å². The molecule has 0 atom stereocenters. The number of rotatable bonds is 3. The lowest BCUT2D eigenvalue weighted by atomic mass is 9.99. The fourth-order valence-corrected chi connectivity index (χ4v) is 3.13. The van der Waals surface area contributed by atoms with Gasteiger partial charge in [0.2, 0.25) is 0 Å². The van der Waals surface area contributed by atoms with Crippen LogP contribution in [0.15, 0.2) is 64.6 Å². The van der Waals surface area contributed by atoms with E-state index >= 15 is 0 Å². The molecule has 0 spiro atoms. The number of benzene rings is 2. The third-order valence-electron chi connectivity index (χ3n) is 2.95. The molecular formula is C16H11BrN2OS. The van der Waals surface area contributed by atoms with Crippen molar-refractivity contribution in [3.05, 3.63) is 70.1 Å². The van der Waals surface area contributed by atoms with Crippen LogP contribution in [0.1, 0.15) is 10.4 Å². The smallest absolute Gasteiger partial charge is 0.258 e. The first kappa shape index (κ1) is 14.0. The van der Waals surface area contributed by atoms with Gasteiger partial charge in [0, 0.05) is 5.56 Å². The van der Waals surface area contributed by atoms with E-state index in [0.29, 0.717) is 10.7 Å². The van der Waals surface area contributed by atoms with Gasteiger partial charge in [-0.3, -0.25) is 10.1 Å². The maximum Gasteiger partial charge on any atom is 0.258 e. The van der Waals surface area contributed by atoms with Gasteiger partial charge in [-0.05, 0) is 33.1 Å². The minimum atomic E-state index is -0.156. The Labute approximate surface area is 134 Å². The van der Waals surface area contributed by atoms with Gasteiger partial charge in [-0.1, -0.05) is 59.9 Å². The van der Waals surface area contributed by atoms with Gasteiger partial charge in [-0.2, -0.15) is 0 Å². The fourth-order valence-electron chi connectivity index (χ4n) is 2.03. The molecule has 0 unspecified atom stereocenters. The molecule has 21 heavy (non-hydrogen) atoms. The van der Waals surface area contributed by atoms with Crippen LogP contribution in [0.3, 0.4) is 0 Å². The van der Waals surface area contributed by atoms with Crippen molar-refractivity contribution in [1.29, 1.82) is 0 Å². The number of anilines is 1. The zero-order valence-electron chi connectivity index (χ0n) is 10.9. The first-order valence-corrected chi connectivity index (χ1v) is 7.92. The van der Waals surface area contributed by atoms with Crippen molar-refractivity contribution in [2.24, 2.45) is 0 Å². The Hall–Kier alpha value is -1.98. The van der Waals surface area contributed by atoms with Gasteiger partial charge in [0.1, 0.15) is 0 Å². The fraction of sp³-hybridized carbons (Fsp3) is 0. The maximum atomic E-state index is 12.5. The van der Waals surface area contributed by atoms with E-state index in [4.69, 9.17) is 0 Å². The van der Waals surface area contributed by atoms with E-state index in [1.807, 2.05) is 54.6 Å². The van der Waals surface area contributed by atoms with Crippen molar-refractivity contribution in [2.75, 3.05) is 5.32 Å². The third kappa shape index (κ3) is 3.20. The SMILES string of the molecule is O=C(Nc1ncc(Br)s1)c1ccccc1-c1ccccc1. The highest BCUT2D eigenvalue weighted by molar-refractivity contribution is 9.11. The molecule has 1 heterocycles. The number of carbonyl (C=O) groups excluding carboxylic acids is 1. The molecule has 1 aromatic heterocycles. The first-order valence-electron chi connectivity index (χ1n) is 6.31. The minimum absolute atomic E-state index is 0.156. The van der Waals surface area contributed by atoms with Crippen molar-refractivity contribution < 1.29 is 4.79 Å². The highest BCUT2D eigenvalue weighted by Crippen LogP contribution is 2.26. The number of carbonyl (C=O) groups is 1. The van der Waals surface area contributed by atoms with Crippen LogP contribution in [0, 0.1) is 0 Å². The number of nitrogens with zero attached hydrogens (tertiary/aromatic N) is 1. The monoisotopic (exact) mass is 358 g/mol. The molecule has 0 aliphatic heterocycles. The van der Waals surface area contributed by atoms with Crippen molar-refractivity contribution in [3.8, 4) is 11.1 Å². The largest absolute Gasteiger partial charge is 0.298 e. The van der Waals surface area contributed by atoms with E-state index in [2.05, 4.69) is 26.2 Å². The summed E-state index contributed by atoms with van der Waals surface area (Å²) in [4.78, 5) is 16.6. The topological polar surface area (TPSA) is 42.0 Å². The third-order valence-corrected chi connectivity index (χ3v) is 4.35. The minimum Gasteiger partial charge on any atom is -0.298 e. The molecule has 0 saturated carbocycles. The number of hydrogen-bond donors (Lipinski definition) is 1. The molecule has 3 nitrogen and oxygen atoms in total. The van der Waals surface area contributed by atoms with Gasteiger partial charge in [0.25, 0.3) is 5.91 Å². The number of halogens is 1. The Morgan fingerprint density at radius 2 is 1.76 bits per heavy atom. The Bertz CT molecular complexity index is 771. The van der Waals surface area contributed by atoms with E-state index < -0.39 is 0 Å². The summed E-state index contributed by atoms with van der Waals surface area (Å²) in [5.74, 6) is -0.156. The Balaban J connectivity index is 1.93. The summed E-state index contributed by atoms with van der Waals surface area (Å²) in [6, 6.07) is 17.4. The van der Waals surface area contributed by atoms with Crippen molar-refractivity contribution in [2.45, 2.75) is 0 Å². The number of amides is 1. The van der Waals surface area contributed by atoms with Crippen LogP contribution in [0.25, 0.3) is 11.1 Å². The van der Waals surface area contributed by atoms with E-state index in [-0.39, 0.29) is 5.91 Å². The number of nitrogens with one attached hydrogen (secondary N) is 1. The zero-order valence-corrected chi connectivity index (χ0v) is 13.3. The molecule has 2 aromatic carbocycles. The first-order chi connectivity index (χ1) is 10.2. The van der Waals surface area contributed by atoms with Gasteiger partial charge in [-0.25, -0.2) is 4.98 Å². The molecular weight excluding hydrogens is 348 g/mol. The van der Waals surface area contributed by atoms with Crippen molar-refractivity contribution in [1.82, 2.24) is 4.98 Å². The highest BCUT2D eigenvalue weighted by atomic mass is 79.9. The van der Waals surface area contributed by atoms with Crippen LogP contribution >= 0.6 is 27.3 Å². The summed E-state index contributed by atoms with van der Waals surface area (Å²) in [5, 5.41) is 3.41. The van der Waals surface area contributed by atoms with Gasteiger partial charge in [-0.15, -0.1) is 0 Å². The molecule has 0 fully saturated rings. The standard InChI is InChI=1S/C16H11BrN2OS/c17-14-10-18-16(21-14)19-15(20)13-9-5-4-8-12(13)11-6-2-1-3-7-11/h1-10H,(H,18,19,20). The lowest BCUT2D eigenvalue weighted by Gasteiger charge is -2.09. The molecule has 1 N–H and O–H groups in total. The molecule has 0 saturated heterocycles. The lowest BCUT2D eigenvalue weighted by molar-refractivity contribution is 0.102. The second-order valence-electron chi connectivity index (χ2n) is 4.34. The summed E-state index contributed by atoms with van der Waals surface area (Å²) in [6.45, 7) is 0. The summed E-state index contributed by atoms with van der Waals surface area (Å²) in [6.07, 6.45) is 1.67. The average molecular weight is 359 g/mol. The lowest BCUT2D eigenvalue weighted by Crippen LogP contribution is -2.12. The predicted molar refractivity (Wildman–Crippen MR) is 89.6 cm³/mol. The number of hydrogen-bond acceptors (Lipinski definition) is 3. The average Bonchev–Trinajstić information content (AvgIpc) is 2.93. The van der Waals surface area contributed by atoms with Gasteiger partial charge < -0.3 is 0 Å². The highest BCUT2D eigenvalue weighted by Gasteiger charge is 2.13. The number of aromatic nitrogens is 1. The molecule has 0 bridgehead atoms. The van der Waals surface area contributed by atoms with Crippen LogP contribution in [-0.4, -0.2) is 10.9 Å². The molecule has 5 heteroatoms. The second kappa shape index (κ2) is 6.20. The molecule has 1 amide bonds. The van der Waals surface area contributed by atoms with E-state index in [0.717, 1.165) is 14.9 Å². The van der Waals surface area contributed by atoms with Crippen LogP contribution in [0.5, 0.6) is 0 Å². The van der Waals surface area contributed by atoms with E-state index in [1.165, 1.54) is 11.3 Å². The van der Waals surface area contributed by atoms with Crippen LogP contribution in [-0.2, 0) is 0 Å². The number of thiazole rings is 1. The Morgan fingerprint density at radius 1 is 1.05 bits per heavy atom. The summed E-state index contributed by atoms with van der Waals surface area (Å²) in [7, 11) is 0. The summed E-state index contributed by atoms with van der Waals surface area (Å²) >= 11 is 4.72. The maximum absolute atomic E-state index is 12.5. The predicted octanol–water partition coefficient (Wildman–Crippen LogP) is 4.82. The van der Waals surface area contributed by atoms with Gasteiger partial charge in [0.05, 0.1) is 9.98 Å². The van der Waals surface area contributed by atoms with Crippen molar-refractivity contribution in [3.63, 3.8) is 0 Å². The molecule has 0 radical (unpaired) electrons. The Kier molecular flexibility index (Phi) is 4.13. The zero-order chi connectivity index (χ0) is 14.7.